The molecule has 0 aliphatic carbocycles. The lowest BCUT2D eigenvalue weighted by molar-refractivity contribution is -0.121. The normalized spacial score (nSPS) is 24.6. The highest BCUT2D eigenvalue weighted by Gasteiger charge is 2.28. The quantitative estimate of drug-likeness (QED) is 0.889. The zero-order chi connectivity index (χ0) is 15.6. The average molecular weight is 353 g/mol. The highest BCUT2D eigenvalue weighted by Crippen LogP contribution is 2.25. The van der Waals surface area contributed by atoms with E-state index in [1.54, 1.807) is 0 Å². The molecule has 1 amide bonds. The second-order valence-corrected chi connectivity index (χ2v) is 7.40. The Morgan fingerprint density at radius 2 is 1.95 bits per heavy atom. The summed E-state index contributed by atoms with van der Waals surface area (Å²) in [6, 6.07) is 5.88. The van der Waals surface area contributed by atoms with Crippen molar-refractivity contribution < 1.29 is 4.79 Å². The van der Waals surface area contributed by atoms with Gasteiger partial charge in [-0.05, 0) is 65.7 Å². The van der Waals surface area contributed by atoms with Gasteiger partial charge in [0.1, 0.15) is 0 Å². The van der Waals surface area contributed by atoms with Crippen LogP contribution < -0.4 is 5.32 Å². The summed E-state index contributed by atoms with van der Waals surface area (Å²) in [6.07, 6.45) is 1.26. The van der Waals surface area contributed by atoms with Gasteiger partial charge in [0.15, 0.2) is 0 Å². The van der Waals surface area contributed by atoms with Crippen LogP contribution >= 0.6 is 15.9 Å². The SMILES string of the molecule is Cc1ccc(NC(=O)[C@@H](C)N2C[C@@H](C)C[C@H](C)C2)c(Br)c1. The molecule has 1 aromatic carbocycles. The third-order valence-electron chi connectivity index (χ3n) is 4.21. The molecule has 1 fully saturated rings. The molecule has 21 heavy (non-hydrogen) atoms. The number of likely N-dealkylation sites (tertiary alicyclic amines) is 1. The van der Waals surface area contributed by atoms with Gasteiger partial charge in [0.05, 0.1) is 11.7 Å². The van der Waals surface area contributed by atoms with Crippen LogP contribution in [0.1, 0.15) is 32.8 Å². The number of carbonyl (C=O) groups is 1. The Balaban J connectivity index is 2.02. The Kier molecular flexibility index (Phi) is 5.44. The van der Waals surface area contributed by atoms with Crippen LogP contribution in [0.3, 0.4) is 0 Å². The molecular formula is C17H25BrN2O. The topological polar surface area (TPSA) is 32.3 Å². The molecule has 3 atom stereocenters. The van der Waals surface area contributed by atoms with Crippen molar-refractivity contribution in [1.29, 1.82) is 0 Å². The van der Waals surface area contributed by atoms with Crippen LogP contribution in [0.15, 0.2) is 22.7 Å². The van der Waals surface area contributed by atoms with E-state index in [1.807, 2.05) is 32.0 Å². The Morgan fingerprint density at radius 1 is 1.33 bits per heavy atom. The number of piperidine rings is 1. The molecule has 1 aliphatic heterocycles. The molecule has 4 heteroatoms. The largest absolute Gasteiger partial charge is 0.324 e. The number of anilines is 1. The summed E-state index contributed by atoms with van der Waals surface area (Å²) in [5.74, 6) is 1.39. The van der Waals surface area contributed by atoms with Gasteiger partial charge < -0.3 is 5.32 Å². The number of halogens is 1. The Hall–Kier alpha value is -0.870. The van der Waals surface area contributed by atoms with E-state index in [0.717, 1.165) is 23.2 Å². The van der Waals surface area contributed by atoms with E-state index >= 15 is 0 Å². The Morgan fingerprint density at radius 3 is 2.52 bits per heavy atom. The van der Waals surface area contributed by atoms with Gasteiger partial charge in [-0.2, -0.15) is 0 Å². The average Bonchev–Trinajstić information content (AvgIpc) is 2.40. The highest BCUT2D eigenvalue weighted by atomic mass is 79.9. The lowest BCUT2D eigenvalue weighted by Crippen LogP contribution is -2.48. The number of aryl methyl sites for hydroxylation is 1. The Labute approximate surface area is 136 Å². The maximum absolute atomic E-state index is 12.5. The molecule has 0 spiro atoms. The summed E-state index contributed by atoms with van der Waals surface area (Å²) >= 11 is 3.51. The number of amides is 1. The first-order valence-electron chi connectivity index (χ1n) is 7.68. The minimum absolute atomic E-state index is 0.0702. The van der Waals surface area contributed by atoms with Crippen molar-refractivity contribution in [3.05, 3.63) is 28.2 Å². The summed E-state index contributed by atoms with van der Waals surface area (Å²) in [5.41, 5.74) is 2.02. The van der Waals surface area contributed by atoms with Crippen LogP contribution in [-0.4, -0.2) is 29.9 Å². The van der Waals surface area contributed by atoms with Crippen LogP contribution in [0.5, 0.6) is 0 Å². The van der Waals surface area contributed by atoms with E-state index in [9.17, 15) is 4.79 Å². The number of nitrogens with zero attached hydrogens (tertiary/aromatic N) is 1. The highest BCUT2D eigenvalue weighted by molar-refractivity contribution is 9.10. The minimum Gasteiger partial charge on any atom is -0.324 e. The van der Waals surface area contributed by atoms with Crippen LogP contribution in [0, 0.1) is 18.8 Å². The predicted molar refractivity (Wildman–Crippen MR) is 91.5 cm³/mol. The molecule has 1 heterocycles. The predicted octanol–water partition coefficient (Wildman–Crippen LogP) is 4.06. The third-order valence-corrected chi connectivity index (χ3v) is 4.86. The third kappa shape index (κ3) is 4.30. The van der Waals surface area contributed by atoms with Gasteiger partial charge in [-0.1, -0.05) is 19.9 Å². The standard InChI is InChI=1S/C17H25BrN2O/c1-11-5-6-16(15(18)8-11)19-17(21)14(4)20-9-12(2)7-13(3)10-20/h5-6,8,12-14H,7,9-10H2,1-4H3,(H,19,21)/t12-,13-,14+/m0/s1. The number of benzene rings is 1. The maximum Gasteiger partial charge on any atom is 0.241 e. The molecule has 0 bridgehead atoms. The van der Waals surface area contributed by atoms with Gasteiger partial charge in [0.2, 0.25) is 5.91 Å². The summed E-state index contributed by atoms with van der Waals surface area (Å²) in [7, 11) is 0. The van der Waals surface area contributed by atoms with Crippen molar-refractivity contribution in [2.45, 2.75) is 40.2 Å². The van der Waals surface area contributed by atoms with E-state index in [-0.39, 0.29) is 11.9 Å². The second-order valence-electron chi connectivity index (χ2n) is 6.55. The first-order valence-corrected chi connectivity index (χ1v) is 8.47. The van der Waals surface area contributed by atoms with Gasteiger partial charge in [0.25, 0.3) is 0 Å². The van der Waals surface area contributed by atoms with E-state index in [1.165, 1.54) is 12.0 Å². The fourth-order valence-corrected chi connectivity index (χ4v) is 3.74. The molecule has 0 saturated carbocycles. The molecule has 2 rings (SSSR count). The van der Waals surface area contributed by atoms with Gasteiger partial charge in [-0.3, -0.25) is 9.69 Å². The maximum atomic E-state index is 12.5. The van der Waals surface area contributed by atoms with Crippen molar-refractivity contribution >= 4 is 27.5 Å². The van der Waals surface area contributed by atoms with Crippen molar-refractivity contribution in [1.82, 2.24) is 4.90 Å². The summed E-state index contributed by atoms with van der Waals surface area (Å²) in [4.78, 5) is 14.8. The molecular weight excluding hydrogens is 328 g/mol. The first kappa shape index (κ1) is 16.5. The van der Waals surface area contributed by atoms with E-state index in [0.29, 0.717) is 11.8 Å². The van der Waals surface area contributed by atoms with Crippen LogP contribution in [-0.2, 0) is 4.79 Å². The zero-order valence-corrected chi connectivity index (χ0v) is 14.9. The fraction of sp³-hybridized carbons (Fsp3) is 0.588. The molecule has 1 aliphatic rings. The molecule has 0 aromatic heterocycles. The number of hydrogen-bond acceptors (Lipinski definition) is 2. The van der Waals surface area contributed by atoms with E-state index < -0.39 is 0 Å². The number of rotatable bonds is 3. The molecule has 3 nitrogen and oxygen atoms in total. The lowest BCUT2D eigenvalue weighted by Gasteiger charge is -2.38. The summed E-state index contributed by atoms with van der Waals surface area (Å²) in [5, 5.41) is 3.04. The summed E-state index contributed by atoms with van der Waals surface area (Å²) in [6.45, 7) is 10.6. The molecule has 116 valence electrons. The number of hydrogen-bond donors (Lipinski definition) is 1. The zero-order valence-electron chi connectivity index (χ0n) is 13.3. The number of nitrogens with one attached hydrogen (secondary N) is 1. The van der Waals surface area contributed by atoms with Crippen LogP contribution in [0.4, 0.5) is 5.69 Å². The molecule has 0 radical (unpaired) electrons. The molecule has 0 unspecified atom stereocenters. The number of carbonyl (C=O) groups excluding carboxylic acids is 1. The van der Waals surface area contributed by atoms with Crippen molar-refractivity contribution in [3.8, 4) is 0 Å². The van der Waals surface area contributed by atoms with E-state index in [4.69, 9.17) is 0 Å². The van der Waals surface area contributed by atoms with Gasteiger partial charge in [-0.15, -0.1) is 0 Å². The van der Waals surface area contributed by atoms with Crippen molar-refractivity contribution in [3.63, 3.8) is 0 Å². The van der Waals surface area contributed by atoms with Crippen molar-refractivity contribution in [2.75, 3.05) is 18.4 Å². The van der Waals surface area contributed by atoms with Gasteiger partial charge >= 0.3 is 0 Å². The van der Waals surface area contributed by atoms with Crippen LogP contribution in [0.25, 0.3) is 0 Å². The Bertz CT molecular complexity index is 508. The van der Waals surface area contributed by atoms with E-state index in [2.05, 4.69) is 40.0 Å². The smallest absolute Gasteiger partial charge is 0.241 e. The molecule has 1 N–H and O–H groups in total. The van der Waals surface area contributed by atoms with Crippen LogP contribution in [0.2, 0.25) is 0 Å². The van der Waals surface area contributed by atoms with Crippen molar-refractivity contribution in [2.24, 2.45) is 11.8 Å². The monoisotopic (exact) mass is 352 g/mol. The first-order chi connectivity index (χ1) is 9.86. The van der Waals surface area contributed by atoms with Gasteiger partial charge in [-0.25, -0.2) is 0 Å². The molecule has 1 saturated heterocycles. The summed E-state index contributed by atoms with van der Waals surface area (Å²) < 4.78 is 0.934. The second kappa shape index (κ2) is 6.93. The minimum atomic E-state index is -0.0941. The molecule has 1 aromatic rings. The van der Waals surface area contributed by atoms with Gasteiger partial charge in [0, 0.05) is 17.6 Å². The lowest BCUT2D eigenvalue weighted by atomic mass is 9.91. The fourth-order valence-electron chi connectivity index (χ4n) is 3.15.